The van der Waals surface area contributed by atoms with Crippen LogP contribution in [0.15, 0.2) is 18.3 Å². The highest BCUT2D eigenvalue weighted by atomic mass is 32.2. The first kappa shape index (κ1) is 13.8. The van der Waals surface area contributed by atoms with Crippen LogP contribution in [-0.2, 0) is 14.6 Å². The Balaban J connectivity index is 2.12. The predicted molar refractivity (Wildman–Crippen MR) is 74.0 cm³/mol. The second kappa shape index (κ2) is 5.16. The van der Waals surface area contributed by atoms with Gasteiger partial charge in [0.25, 0.3) is 0 Å². The number of carbonyl (C=O) groups excluding carboxylic acids is 1. The number of nitrogens with one attached hydrogen (secondary N) is 1. The van der Waals surface area contributed by atoms with Crippen molar-refractivity contribution in [2.45, 2.75) is 6.42 Å². The molecule has 1 aliphatic rings. The molecule has 19 heavy (non-hydrogen) atoms. The van der Waals surface area contributed by atoms with E-state index >= 15 is 0 Å². The van der Waals surface area contributed by atoms with E-state index in [1.807, 2.05) is 14.1 Å². The number of carbonyl (C=O) groups is 1. The fourth-order valence-electron chi connectivity index (χ4n) is 2.09. The van der Waals surface area contributed by atoms with E-state index < -0.39 is 15.8 Å². The second-order valence-electron chi connectivity index (χ2n) is 4.86. The summed E-state index contributed by atoms with van der Waals surface area (Å²) in [4.78, 5) is 18.0. The molecule has 1 saturated heterocycles. The molecule has 1 unspecified atom stereocenters. The molecule has 1 aliphatic heterocycles. The molecule has 2 rings (SSSR count). The molecule has 1 atom stereocenters. The van der Waals surface area contributed by atoms with Crippen molar-refractivity contribution in [2.24, 2.45) is 5.92 Å². The molecule has 1 amide bonds. The van der Waals surface area contributed by atoms with E-state index in [1.54, 1.807) is 23.2 Å². The summed E-state index contributed by atoms with van der Waals surface area (Å²) >= 11 is 0. The van der Waals surface area contributed by atoms with Crippen molar-refractivity contribution in [3.8, 4) is 0 Å². The van der Waals surface area contributed by atoms with Gasteiger partial charge in [-0.15, -0.1) is 0 Å². The summed E-state index contributed by atoms with van der Waals surface area (Å²) in [7, 11) is 0.617. The van der Waals surface area contributed by atoms with Crippen LogP contribution in [0.5, 0.6) is 0 Å². The Morgan fingerprint density at radius 3 is 2.79 bits per heavy atom. The smallest absolute Gasteiger partial charge is 0.228 e. The SMILES string of the molecule is CN(C)c1ncccc1NC(=O)C1CCS(=O)(=O)C1. The molecule has 7 heteroatoms. The first-order chi connectivity index (χ1) is 8.89. The Hall–Kier alpha value is -1.63. The summed E-state index contributed by atoms with van der Waals surface area (Å²) in [6.07, 6.45) is 2.04. The van der Waals surface area contributed by atoms with Gasteiger partial charge >= 0.3 is 0 Å². The van der Waals surface area contributed by atoms with Gasteiger partial charge in [-0.25, -0.2) is 13.4 Å². The van der Waals surface area contributed by atoms with E-state index in [0.29, 0.717) is 17.9 Å². The van der Waals surface area contributed by atoms with Gasteiger partial charge in [-0.1, -0.05) is 0 Å². The molecule has 104 valence electrons. The van der Waals surface area contributed by atoms with Crippen LogP contribution in [0.1, 0.15) is 6.42 Å². The van der Waals surface area contributed by atoms with Crippen molar-refractivity contribution in [1.29, 1.82) is 0 Å². The van der Waals surface area contributed by atoms with Gasteiger partial charge in [0.05, 0.1) is 23.1 Å². The number of nitrogens with zero attached hydrogens (tertiary/aromatic N) is 2. The lowest BCUT2D eigenvalue weighted by Gasteiger charge is -2.17. The number of amides is 1. The maximum atomic E-state index is 12.1. The molecule has 0 bridgehead atoms. The third-order valence-corrected chi connectivity index (χ3v) is 4.84. The Labute approximate surface area is 112 Å². The molecule has 0 spiro atoms. The summed E-state index contributed by atoms with van der Waals surface area (Å²) in [5.74, 6) is -0.0243. The molecule has 2 heterocycles. The van der Waals surface area contributed by atoms with Gasteiger partial charge in [-0.3, -0.25) is 4.79 Å². The Morgan fingerprint density at radius 2 is 2.21 bits per heavy atom. The van der Waals surface area contributed by atoms with Crippen molar-refractivity contribution < 1.29 is 13.2 Å². The molecular formula is C12H17N3O3S. The highest BCUT2D eigenvalue weighted by Crippen LogP contribution is 2.24. The van der Waals surface area contributed by atoms with E-state index in [1.165, 1.54) is 0 Å². The minimum absolute atomic E-state index is 0.0591. The molecule has 0 aromatic carbocycles. The summed E-state index contributed by atoms with van der Waals surface area (Å²) in [5, 5.41) is 2.76. The van der Waals surface area contributed by atoms with Crippen LogP contribution in [0, 0.1) is 5.92 Å². The standard InChI is InChI=1S/C12H17N3O3S/c1-15(2)11-10(4-3-6-13-11)14-12(16)9-5-7-19(17,18)8-9/h3-4,6,9H,5,7-8H2,1-2H3,(H,14,16). The van der Waals surface area contributed by atoms with E-state index in [0.717, 1.165) is 0 Å². The van der Waals surface area contributed by atoms with Gasteiger partial charge in [-0.2, -0.15) is 0 Å². The summed E-state index contributed by atoms with van der Waals surface area (Å²) in [6, 6.07) is 3.48. The number of sulfone groups is 1. The second-order valence-corrected chi connectivity index (χ2v) is 7.09. The van der Waals surface area contributed by atoms with Crippen LogP contribution in [0.4, 0.5) is 11.5 Å². The van der Waals surface area contributed by atoms with Crippen molar-refractivity contribution in [2.75, 3.05) is 35.8 Å². The minimum atomic E-state index is -3.05. The molecule has 1 aromatic rings. The largest absolute Gasteiger partial charge is 0.361 e. The fraction of sp³-hybridized carbons (Fsp3) is 0.500. The van der Waals surface area contributed by atoms with Crippen LogP contribution < -0.4 is 10.2 Å². The fourth-order valence-corrected chi connectivity index (χ4v) is 3.83. The molecule has 6 nitrogen and oxygen atoms in total. The van der Waals surface area contributed by atoms with E-state index in [-0.39, 0.29) is 17.4 Å². The Morgan fingerprint density at radius 1 is 1.47 bits per heavy atom. The number of aromatic nitrogens is 1. The average Bonchev–Trinajstić information content (AvgIpc) is 2.70. The Kier molecular flexibility index (Phi) is 3.75. The maximum Gasteiger partial charge on any atom is 0.228 e. The zero-order chi connectivity index (χ0) is 14.0. The summed E-state index contributed by atoms with van der Waals surface area (Å²) in [5.41, 5.74) is 0.599. The zero-order valence-corrected chi connectivity index (χ0v) is 11.8. The lowest BCUT2D eigenvalue weighted by molar-refractivity contribution is -0.119. The summed E-state index contributed by atoms with van der Waals surface area (Å²) < 4.78 is 22.7. The predicted octanol–water partition coefficient (Wildman–Crippen LogP) is 0.521. The van der Waals surface area contributed by atoms with Gasteiger partial charge in [0.1, 0.15) is 0 Å². The van der Waals surface area contributed by atoms with Crippen molar-refractivity contribution in [3.05, 3.63) is 18.3 Å². The zero-order valence-electron chi connectivity index (χ0n) is 11.0. The van der Waals surface area contributed by atoms with Gasteiger partial charge in [0, 0.05) is 20.3 Å². The molecule has 0 aliphatic carbocycles. The number of anilines is 2. The first-order valence-corrected chi connectivity index (χ1v) is 7.85. The van der Waals surface area contributed by atoms with Crippen LogP contribution in [-0.4, -0.2) is 44.9 Å². The molecular weight excluding hydrogens is 266 g/mol. The molecule has 1 fully saturated rings. The maximum absolute atomic E-state index is 12.1. The monoisotopic (exact) mass is 283 g/mol. The molecule has 0 saturated carbocycles. The Bertz CT molecular complexity index is 584. The van der Waals surface area contributed by atoms with Crippen molar-refractivity contribution in [3.63, 3.8) is 0 Å². The third-order valence-electron chi connectivity index (χ3n) is 3.07. The molecule has 0 radical (unpaired) electrons. The van der Waals surface area contributed by atoms with Crippen LogP contribution in [0.3, 0.4) is 0 Å². The summed E-state index contributed by atoms with van der Waals surface area (Å²) in [6.45, 7) is 0. The number of hydrogen-bond donors (Lipinski definition) is 1. The van der Waals surface area contributed by atoms with Crippen LogP contribution in [0.25, 0.3) is 0 Å². The number of pyridine rings is 1. The topological polar surface area (TPSA) is 79.4 Å². The lowest BCUT2D eigenvalue weighted by atomic mass is 10.1. The van der Waals surface area contributed by atoms with Gasteiger partial charge in [-0.05, 0) is 18.6 Å². The number of rotatable bonds is 3. The number of hydrogen-bond acceptors (Lipinski definition) is 5. The van der Waals surface area contributed by atoms with Crippen molar-refractivity contribution >= 4 is 27.2 Å². The third kappa shape index (κ3) is 3.23. The highest BCUT2D eigenvalue weighted by Gasteiger charge is 2.33. The van der Waals surface area contributed by atoms with Gasteiger partial charge in [0.15, 0.2) is 15.7 Å². The first-order valence-electron chi connectivity index (χ1n) is 6.03. The molecule has 1 aromatic heterocycles. The highest BCUT2D eigenvalue weighted by molar-refractivity contribution is 7.91. The average molecular weight is 283 g/mol. The quantitative estimate of drug-likeness (QED) is 0.875. The van der Waals surface area contributed by atoms with E-state index in [2.05, 4.69) is 10.3 Å². The minimum Gasteiger partial charge on any atom is -0.361 e. The normalized spacial score (nSPS) is 21.1. The van der Waals surface area contributed by atoms with Crippen molar-refractivity contribution in [1.82, 2.24) is 4.98 Å². The van der Waals surface area contributed by atoms with E-state index in [9.17, 15) is 13.2 Å². The van der Waals surface area contributed by atoms with Gasteiger partial charge in [0.2, 0.25) is 5.91 Å². The lowest BCUT2D eigenvalue weighted by Crippen LogP contribution is -2.25. The van der Waals surface area contributed by atoms with E-state index in [4.69, 9.17) is 0 Å². The van der Waals surface area contributed by atoms with Crippen LogP contribution in [0.2, 0.25) is 0 Å². The van der Waals surface area contributed by atoms with Gasteiger partial charge < -0.3 is 10.2 Å². The van der Waals surface area contributed by atoms with Crippen LogP contribution >= 0.6 is 0 Å². The molecule has 1 N–H and O–H groups in total.